The number of aryl methyl sites for hydroxylation is 1. The molecule has 1 saturated heterocycles. The maximum atomic E-state index is 11.1. The van der Waals surface area contributed by atoms with E-state index in [4.69, 9.17) is 5.11 Å². The number of hydrogen-bond acceptors (Lipinski definition) is 3. The lowest BCUT2D eigenvalue weighted by molar-refractivity contribution is 0.0697. The Labute approximate surface area is 124 Å². The molecule has 1 fully saturated rings. The van der Waals surface area contributed by atoms with Gasteiger partial charge in [-0.05, 0) is 31.3 Å². The number of fused-ring (bicyclic) bond motifs is 1. The van der Waals surface area contributed by atoms with E-state index in [0.29, 0.717) is 5.56 Å². The molecule has 0 radical (unpaired) electrons. The van der Waals surface area contributed by atoms with Gasteiger partial charge in [-0.3, -0.25) is 4.90 Å². The minimum absolute atomic E-state index is 0.347. The van der Waals surface area contributed by atoms with Gasteiger partial charge in [-0.1, -0.05) is 0 Å². The van der Waals surface area contributed by atoms with Gasteiger partial charge in [0.05, 0.1) is 5.56 Å². The first-order valence-electron chi connectivity index (χ1n) is 7.27. The van der Waals surface area contributed by atoms with Crippen LogP contribution < -0.4 is 0 Å². The second kappa shape index (κ2) is 5.50. The molecule has 3 rings (SSSR count). The van der Waals surface area contributed by atoms with Crippen molar-refractivity contribution in [3.8, 4) is 0 Å². The molecule has 1 aliphatic heterocycles. The molecule has 0 atom stereocenters. The van der Waals surface area contributed by atoms with Gasteiger partial charge in [-0.15, -0.1) is 0 Å². The molecule has 2 aromatic rings. The van der Waals surface area contributed by atoms with Crippen LogP contribution in [0.2, 0.25) is 0 Å². The Morgan fingerprint density at radius 1 is 1.14 bits per heavy atom. The number of aromatic carboxylic acids is 1. The standard InChI is InChI=1S/C16H21N3O2/c1-17-5-7-19(8-6-17)11-14-10-13-9-12(16(20)21)3-4-15(13)18(14)2/h3-4,9-10H,5-8,11H2,1-2H3,(H,20,21). The summed E-state index contributed by atoms with van der Waals surface area (Å²) in [6.45, 7) is 5.29. The van der Waals surface area contributed by atoms with Crippen LogP contribution in [0.3, 0.4) is 0 Å². The third-order valence-corrected chi connectivity index (χ3v) is 4.37. The largest absolute Gasteiger partial charge is 0.478 e. The first kappa shape index (κ1) is 14.1. The highest BCUT2D eigenvalue weighted by atomic mass is 16.4. The summed E-state index contributed by atoms with van der Waals surface area (Å²) in [6.07, 6.45) is 0. The lowest BCUT2D eigenvalue weighted by atomic mass is 10.1. The molecule has 21 heavy (non-hydrogen) atoms. The van der Waals surface area contributed by atoms with E-state index in [2.05, 4.69) is 27.5 Å². The van der Waals surface area contributed by atoms with Gasteiger partial charge in [0.15, 0.2) is 0 Å². The predicted molar refractivity (Wildman–Crippen MR) is 82.7 cm³/mol. The fourth-order valence-corrected chi connectivity index (χ4v) is 2.93. The summed E-state index contributed by atoms with van der Waals surface area (Å²) in [5.41, 5.74) is 2.67. The zero-order valence-corrected chi connectivity index (χ0v) is 12.5. The van der Waals surface area contributed by atoms with Crippen LogP contribution in [0.15, 0.2) is 24.3 Å². The van der Waals surface area contributed by atoms with Gasteiger partial charge >= 0.3 is 5.97 Å². The van der Waals surface area contributed by atoms with E-state index in [9.17, 15) is 4.79 Å². The van der Waals surface area contributed by atoms with Crippen molar-refractivity contribution < 1.29 is 9.90 Å². The third kappa shape index (κ3) is 2.80. The zero-order valence-electron chi connectivity index (χ0n) is 12.5. The molecule has 5 heteroatoms. The van der Waals surface area contributed by atoms with E-state index in [1.165, 1.54) is 5.69 Å². The number of rotatable bonds is 3. The van der Waals surface area contributed by atoms with Crippen LogP contribution >= 0.6 is 0 Å². The highest BCUT2D eigenvalue weighted by molar-refractivity contribution is 5.94. The van der Waals surface area contributed by atoms with Crippen molar-refractivity contribution >= 4 is 16.9 Å². The summed E-state index contributed by atoms with van der Waals surface area (Å²) in [6, 6.07) is 7.43. The first-order valence-corrected chi connectivity index (χ1v) is 7.27. The lowest BCUT2D eigenvalue weighted by Crippen LogP contribution is -2.44. The van der Waals surface area contributed by atoms with Crippen molar-refractivity contribution in [3.05, 3.63) is 35.5 Å². The van der Waals surface area contributed by atoms with Crippen molar-refractivity contribution in [3.63, 3.8) is 0 Å². The SMILES string of the molecule is CN1CCN(Cc2cc3cc(C(=O)O)ccc3n2C)CC1. The minimum Gasteiger partial charge on any atom is -0.478 e. The van der Waals surface area contributed by atoms with E-state index in [1.54, 1.807) is 12.1 Å². The molecule has 112 valence electrons. The molecule has 0 amide bonds. The van der Waals surface area contributed by atoms with E-state index in [-0.39, 0.29) is 0 Å². The number of carbonyl (C=O) groups is 1. The molecule has 1 aromatic heterocycles. The van der Waals surface area contributed by atoms with Crippen molar-refractivity contribution in [2.24, 2.45) is 7.05 Å². The van der Waals surface area contributed by atoms with Crippen LogP contribution in [0, 0.1) is 0 Å². The summed E-state index contributed by atoms with van der Waals surface area (Å²) in [7, 11) is 4.20. The van der Waals surface area contributed by atoms with Crippen LogP contribution in [-0.2, 0) is 13.6 Å². The summed E-state index contributed by atoms with van der Waals surface area (Å²) >= 11 is 0. The maximum absolute atomic E-state index is 11.1. The number of hydrogen-bond donors (Lipinski definition) is 1. The molecular weight excluding hydrogens is 266 g/mol. The Morgan fingerprint density at radius 2 is 1.86 bits per heavy atom. The highest BCUT2D eigenvalue weighted by Crippen LogP contribution is 2.21. The van der Waals surface area contributed by atoms with Gasteiger partial charge in [-0.2, -0.15) is 0 Å². The van der Waals surface area contributed by atoms with Crippen molar-refractivity contribution in [2.45, 2.75) is 6.54 Å². The number of likely N-dealkylation sites (N-methyl/N-ethyl adjacent to an activating group) is 1. The summed E-state index contributed by atoms with van der Waals surface area (Å²) in [5, 5.41) is 10.1. The smallest absolute Gasteiger partial charge is 0.335 e. The van der Waals surface area contributed by atoms with Gasteiger partial charge in [0.25, 0.3) is 0 Å². The average Bonchev–Trinajstić information content (AvgIpc) is 2.77. The number of carboxylic acids is 1. The van der Waals surface area contributed by atoms with Crippen LogP contribution in [0.5, 0.6) is 0 Å². The van der Waals surface area contributed by atoms with E-state index in [1.807, 2.05) is 13.1 Å². The number of benzene rings is 1. The number of aromatic nitrogens is 1. The van der Waals surface area contributed by atoms with Crippen molar-refractivity contribution in [2.75, 3.05) is 33.2 Å². The fraction of sp³-hybridized carbons (Fsp3) is 0.438. The molecular formula is C16H21N3O2. The first-order chi connectivity index (χ1) is 10.0. The Bertz CT molecular complexity index is 669. The number of piperazine rings is 1. The summed E-state index contributed by atoms with van der Waals surface area (Å²) in [5.74, 6) is -0.874. The molecule has 1 aliphatic rings. The summed E-state index contributed by atoms with van der Waals surface area (Å²) in [4.78, 5) is 15.9. The molecule has 5 nitrogen and oxygen atoms in total. The fourth-order valence-electron chi connectivity index (χ4n) is 2.93. The molecule has 0 bridgehead atoms. The molecule has 0 saturated carbocycles. The monoisotopic (exact) mass is 287 g/mol. The molecule has 0 unspecified atom stereocenters. The van der Waals surface area contributed by atoms with E-state index >= 15 is 0 Å². The molecule has 2 heterocycles. The van der Waals surface area contributed by atoms with Crippen LogP contribution in [0.1, 0.15) is 16.1 Å². The predicted octanol–water partition coefficient (Wildman–Crippen LogP) is 1.62. The Kier molecular flexibility index (Phi) is 3.69. The lowest BCUT2D eigenvalue weighted by Gasteiger charge is -2.32. The molecule has 0 aliphatic carbocycles. The van der Waals surface area contributed by atoms with Gasteiger partial charge in [0.2, 0.25) is 0 Å². The van der Waals surface area contributed by atoms with Crippen LogP contribution in [-0.4, -0.2) is 58.7 Å². The van der Waals surface area contributed by atoms with Crippen molar-refractivity contribution in [1.82, 2.24) is 14.4 Å². The average molecular weight is 287 g/mol. The molecule has 1 N–H and O–H groups in total. The number of nitrogens with zero attached hydrogens (tertiary/aromatic N) is 3. The molecule has 0 spiro atoms. The Hall–Kier alpha value is -1.85. The Balaban J connectivity index is 1.85. The van der Waals surface area contributed by atoms with Gasteiger partial charge in [0.1, 0.15) is 0 Å². The second-order valence-electron chi connectivity index (χ2n) is 5.85. The van der Waals surface area contributed by atoms with Gasteiger partial charge in [-0.25, -0.2) is 4.79 Å². The third-order valence-electron chi connectivity index (χ3n) is 4.37. The second-order valence-corrected chi connectivity index (χ2v) is 5.85. The zero-order chi connectivity index (χ0) is 15.0. The van der Waals surface area contributed by atoms with Crippen LogP contribution in [0.25, 0.3) is 10.9 Å². The van der Waals surface area contributed by atoms with Crippen LogP contribution in [0.4, 0.5) is 0 Å². The molecule has 1 aromatic carbocycles. The summed E-state index contributed by atoms with van der Waals surface area (Å²) < 4.78 is 2.17. The maximum Gasteiger partial charge on any atom is 0.335 e. The topological polar surface area (TPSA) is 48.7 Å². The number of carboxylic acid groups (broad SMARTS) is 1. The van der Waals surface area contributed by atoms with Gasteiger partial charge in [0, 0.05) is 56.4 Å². The quantitative estimate of drug-likeness (QED) is 0.932. The van der Waals surface area contributed by atoms with Gasteiger partial charge < -0.3 is 14.6 Å². The Morgan fingerprint density at radius 3 is 2.52 bits per heavy atom. The normalized spacial score (nSPS) is 17.4. The highest BCUT2D eigenvalue weighted by Gasteiger charge is 2.16. The van der Waals surface area contributed by atoms with E-state index in [0.717, 1.165) is 43.6 Å². The van der Waals surface area contributed by atoms with Crippen molar-refractivity contribution in [1.29, 1.82) is 0 Å². The minimum atomic E-state index is -0.874. The van der Waals surface area contributed by atoms with E-state index < -0.39 is 5.97 Å².